The third-order valence-electron chi connectivity index (χ3n) is 4.49. The van der Waals surface area contributed by atoms with Gasteiger partial charge in [-0.15, -0.1) is 0 Å². The van der Waals surface area contributed by atoms with Crippen molar-refractivity contribution in [2.45, 2.75) is 39.1 Å². The van der Waals surface area contributed by atoms with E-state index in [1.165, 1.54) is 23.1 Å². The van der Waals surface area contributed by atoms with Crippen LogP contribution in [0.5, 0.6) is 0 Å². The number of guanidine groups is 1. The van der Waals surface area contributed by atoms with Crippen molar-refractivity contribution in [3.8, 4) is 0 Å². The van der Waals surface area contributed by atoms with Crippen LogP contribution in [-0.2, 0) is 24.5 Å². The molecule has 0 spiro atoms. The van der Waals surface area contributed by atoms with E-state index in [-0.39, 0.29) is 0 Å². The van der Waals surface area contributed by atoms with Gasteiger partial charge in [-0.3, -0.25) is 4.99 Å². The minimum absolute atomic E-state index is 0.573. The number of ether oxygens (including phenoxy) is 1. The number of benzene rings is 2. The van der Waals surface area contributed by atoms with Crippen molar-refractivity contribution in [2.24, 2.45) is 10.9 Å². The number of nitrogens with one attached hydrogen (secondary N) is 2. The summed E-state index contributed by atoms with van der Waals surface area (Å²) in [7, 11) is 1.82. The summed E-state index contributed by atoms with van der Waals surface area (Å²) < 4.78 is 5.82. The first-order valence-electron chi connectivity index (χ1n) is 8.91. The van der Waals surface area contributed by atoms with Crippen LogP contribution in [0.4, 0.5) is 0 Å². The smallest absolute Gasteiger partial charge is 0.191 e. The second-order valence-corrected chi connectivity index (χ2v) is 6.69. The molecule has 1 aliphatic carbocycles. The Morgan fingerprint density at radius 1 is 1.04 bits per heavy atom. The maximum Gasteiger partial charge on any atom is 0.191 e. The minimum Gasteiger partial charge on any atom is -0.372 e. The fraction of sp³-hybridized carbons (Fsp3) is 0.381. The Labute approximate surface area is 150 Å². The molecule has 0 aromatic heterocycles. The average Bonchev–Trinajstić information content (AvgIpc) is 3.34. The molecule has 3 rings (SSSR count). The highest BCUT2D eigenvalue weighted by Crippen LogP contribution is 2.28. The van der Waals surface area contributed by atoms with Crippen LogP contribution in [0.3, 0.4) is 0 Å². The van der Waals surface area contributed by atoms with E-state index in [9.17, 15) is 0 Å². The maximum atomic E-state index is 5.82. The number of rotatable bonds is 7. The molecule has 1 saturated carbocycles. The summed E-state index contributed by atoms with van der Waals surface area (Å²) in [4.78, 5) is 4.29. The molecular weight excluding hydrogens is 310 g/mol. The van der Waals surface area contributed by atoms with Gasteiger partial charge in [0, 0.05) is 19.6 Å². The van der Waals surface area contributed by atoms with Crippen LogP contribution in [0.1, 0.15) is 30.0 Å². The molecule has 4 heteroatoms. The van der Waals surface area contributed by atoms with Crippen LogP contribution >= 0.6 is 0 Å². The Bertz CT molecular complexity index is 699. The quantitative estimate of drug-likeness (QED) is 0.601. The van der Waals surface area contributed by atoms with E-state index >= 15 is 0 Å². The number of nitrogens with zero attached hydrogens (tertiary/aromatic N) is 1. The molecule has 0 bridgehead atoms. The molecule has 1 aliphatic rings. The molecule has 1 fully saturated rings. The van der Waals surface area contributed by atoms with Crippen LogP contribution in [0.2, 0.25) is 0 Å². The lowest BCUT2D eigenvalue weighted by atomic mass is 10.1. The molecular formula is C21H27N3O. The molecule has 0 saturated heterocycles. The van der Waals surface area contributed by atoms with E-state index in [0.717, 1.165) is 18.4 Å². The molecule has 2 N–H and O–H groups in total. The molecule has 4 nitrogen and oxygen atoms in total. The van der Waals surface area contributed by atoms with Gasteiger partial charge in [-0.1, -0.05) is 61.5 Å². The fourth-order valence-electron chi connectivity index (χ4n) is 2.77. The molecule has 0 aliphatic heterocycles. The molecule has 132 valence electrons. The Kier molecular flexibility index (Phi) is 6.07. The summed E-state index contributed by atoms with van der Waals surface area (Å²) in [5.41, 5.74) is 3.62. The third-order valence-corrected chi connectivity index (χ3v) is 4.49. The highest BCUT2D eigenvalue weighted by molar-refractivity contribution is 5.80. The Morgan fingerprint density at radius 3 is 2.44 bits per heavy atom. The lowest BCUT2D eigenvalue weighted by Gasteiger charge is -2.12. The molecule has 0 radical (unpaired) electrons. The highest BCUT2D eigenvalue weighted by Gasteiger charge is 2.33. The normalized spacial score (nSPS) is 19.5. The second kappa shape index (κ2) is 8.67. The van der Waals surface area contributed by atoms with Crippen molar-refractivity contribution in [1.29, 1.82) is 0 Å². The van der Waals surface area contributed by atoms with Crippen molar-refractivity contribution in [3.05, 3.63) is 71.3 Å². The number of hydrogen-bond donors (Lipinski definition) is 2. The summed E-state index contributed by atoms with van der Waals surface area (Å²) in [5, 5.41) is 6.83. The predicted molar refractivity (Wildman–Crippen MR) is 102 cm³/mol. The molecule has 2 aromatic rings. The topological polar surface area (TPSA) is 45.7 Å². The molecule has 0 amide bonds. The molecule has 2 atom stereocenters. The van der Waals surface area contributed by atoms with Gasteiger partial charge in [0.2, 0.25) is 0 Å². The summed E-state index contributed by atoms with van der Waals surface area (Å²) in [6.07, 6.45) is 1.23. The van der Waals surface area contributed by atoms with E-state index in [2.05, 4.69) is 58.9 Å². The summed E-state index contributed by atoms with van der Waals surface area (Å²) >= 11 is 0. The highest BCUT2D eigenvalue weighted by atomic mass is 16.5. The predicted octanol–water partition coefficient (Wildman–Crippen LogP) is 3.48. The average molecular weight is 337 g/mol. The Morgan fingerprint density at radius 2 is 1.72 bits per heavy atom. The zero-order valence-electron chi connectivity index (χ0n) is 15.0. The van der Waals surface area contributed by atoms with Gasteiger partial charge in [0.1, 0.15) is 0 Å². The van der Waals surface area contributed by atoms with E-state index in [1.807, 2.05) is 25.2 Å². The SMILES string of the molecule is CN=C(NCc1cccc(COCc2ccccc2)c1)NC1CC1C. The molecule has 2 unspecified atom stereocenters. The molecule has 0 heterocycles. The Hall–Kier alpha value is -2.33. The van der Waals surface area contributed by atoms with Crippen LogP contribution in [0.25, 0.3) is 0 Å². The van der Waals surface area contributed by atoms with Crippen LogP contribution in [0, 0.1) is 5.92 Å². The standard InChI is InChI=1S/C21H27N3O/c1-16-11-20(16)24-21(22-2)23-13-18-9-6-10-19(12-18)15-25-14-17-7-4-3-5-8-17/h3-10,12,16,20H,11,13-15H2,1-2H3,(H2,22,23,24). The third kappa shape index (κ3) is 5.61. The van der Waals surface area contributed by atoms with Crippen molar-refractivity contribution < 1.29 is 4.74 Å². The van der Waals surface area contributed by atoms with Gasteiger partial charge < -0.3 is 15.4 Å². The van der Waals surface area contributed by atoms with E-state index in [1.54, 1.807) is 0 Å². The fourth-order valence-corrected chi connectivity index (χ4v) is 2.77. The minimum atomic E-state index is 0.573. The van der Waals surface area contributed by atoms with Gasteiger partial charge in [-0.2, -0.15) is 0 Å². The van der Waals surface area contributed by atoms with E-state index in [4.69, 9.17) is 4.74 Å². The zero-order chi connectivity index (χ0) is 17.5. The van der Waals surface area contributed by atoms with Gasteiger partial charge in [-0.05, 0) is 29.0 Å². The van der Waals surface area contributed by atoms with Crippen molar-refractivity contribution in [2.75, 3.05) is 7.05 Å². The largest absolute Gasteiger partial charge is 0.372 e. The van der Waals surface area contributed by atoms with Gasteiger partial charge in [0.15, 0.2) is 5.96 Å². The summed E-state index contributed by atoms with van der Waals surface area (Å²) in [5.74, 6) is 1.63. The van der Waals surface area contributed by atoms with Crippen molar-refractivity contribution >= 4 is 5.96 Å². The summed E-state index contributed by atoms with van der Waals surface area (Å²) in [6.45, 7) is 4.27. The molecule has 2 aromatic carbocycles. The van der Waals surface area contributed by atoms with Gasteiger partial charge in [0.05, 0.1) is 13.2 Å². The van der Waals surface area contributed by atoms with Gasteiger partial charge in [-0.25, -0.2) is 0 Å². The first-order valence-corrected chi connectivity index (χ1v) is 8.91. The van der Waals surface area contributed by atoms with Crippen LogP contribution < -0.4 is 10.6 Å². The van der Waals surface area contributed by atoms with Gasteiger partial charge >= 0.3 is 0 Å². The van der Waals surface area contributed by atoms with Crippen molar-refractivity contribution in [3.63, 3.8) is 0 Å². The first-order chi connectivity index (χ1) is 12.2. The van der Waals surface area contributed by atoms with Crippen LogP contribution in [0.15, 0.2) is 59.6 Å². The van der Waals surface area contributed by atoms with E-state index < -0.39 is 0 Å². The lowest BCUT2D eigenvalue weighted by Crippen LogP contribution is -2.38. The van der Waals surface area contributed by atoms with Gasteiger partial charge in [0.25, 0.3) is 0 Å². The summed E-state index contributed by atoms with van der Waals surface area (Å²) in [6, 6.07) is 19.3. The Balaban J connectivity index is 1.45. The molecule has 25 heavy (non-hydrogen) atoms. The maximum absolute atomic E-state index is 5.82. The number of hydrogen-bond acceptors (Lipinski definition) is 2. The van der Waals surface area contributed by atoms with E-state index in [0.29, 0.717) is 19.3 Å². The second-order valence-electron chi connectivity index (χ2n) is 6.69. The first kappa shape index (κ1) is 17.5. The van der Waals surface area contributed by atoms with Crippen LogP contribution in [-0.4, -0.2) is 19.0 Å². The van der Waals surface area contributed by atoms with Crippen molar-refractivity contribution in [1.82, 2.24) is 10.6 Å². The monoisotopic (exact) mass is 337 g/mol. The lowest BCUT2D eigenvalue weighted by molar-refractivity contribution is 0.107. The number of aliphatic imine (C=N–C) groups is 1. The zero-order valence-corrected chi connectivity index (χ0v) is 15.0.